The fourth-order valence-corrected chi connectivity index (χ4v) is 3.80. The Morgan fingerprint density at radius 3 is 1.62 bits per heavy atom. The minimum absolute atomic E-state index is 1.25. The van der Waals surface area contributed by atoms with Crippen molar-refractivity contribution < 1.29 is 0 Å². The Morgan fingerprint density at radius 2 is 1.04 bits per heavy atom. The summed E-state index contributed by atoms with van der Waals surface area (Å²) in [4.78, 5) is 0. The van der Waals surface area contributed by atoms with Gasteiger partial charge in [-0.3, -0.25) is 0 Å². The first-order chi connectivity index (χ1) is 11.7. The maximum absolute atomic E-state index is 2.33. The van der Waals surface area contributed by atoms with E-state index in [4.69, 9.17) is 0 Å². The third-order valence-electron chi connectivity index (χ3n) is 4.61. The predicted octanol–water partition coefficient (Wildman–Crippen LogP) is 7.46. The van der Waals surface area contributed by atoms with Crippen molar-refractivity contribution in [1.29, 1.82) is 0 Å². The molecule has 5 aromatic carbocycles. The van der Waals surface area contributed by atoms with Crippen molar-refractivity contribution in [3.63, 3.8) is 0 Å². The Balaban J connectivity index is 0.000000455. The van der Waals surface area contributed by atoms with E-state index in [1.807, 2.05) is 0 Å². The summed E-state index contributed by atoms with van der Waals surface area (Å²) < 4.78 is 0. The topological polar surface area (TPSA) is 0 Å². The first-order valence-corrected chi connectivity index (χ1v) is 8.80. The second-order valence-electron chi connectivity index (χ2n) is 6.63. The van der Waals surface area contributed by atoms with Crippen LogP contribution in [0.5, 0.6) is 0 Å². The molecule has 0 heteroatoms. The van der Waals surface area contributed by atoms with Gasteiger partial charge < -0.3 is 0 Å². The predicted molar refractivity (Wildman–Crippen MR) is 108 cm³/mol. The third kappa shape index (κ3) is 2.14. The highest BCUT2D eigenvalue weighted by Gasteiger charge is 2.12. The van der Waals surface area contributed by atoms with Gasteiger partial charge in [-0.15, -0.1) is 0 Å². The van der Waals surface area contributed by atoms with Crippen LogP contribution < -0.4 is 0 Å². The molecule has 0 heterocycles. The van der Waals surface area contributed by atoms with E-state index >= 15 is 0 Å². The fourth-order valence-electron chi connectivity index (χ4n) is 3.80. The van der Waals surface area contributed by atoms with Gasteiger partial charge in [-0.1, -0.05) is 87.0 Å². The molecule has 0 saturated carbocycles. The van der Waals surface area contributed by atoms with Crippen LogP contribution in [-0.4, -0.2) is 0 Å². The molecule has 0 radical (unpaired) electrons. The average Bonchev–Trinajstić information content (AvgIpc) is 2.59. The van der Waals surface area contributed by atoms with Gasteiger partial charge >= 0.3 is 0 Å². The molecule has 5 aromatic rings. The van der Waals surface area contributed by atoms with Gasteiger partial charge in [-0.05, 0) is 55.6 Å². The summed E-state index contributed by atoms with van der Waals surface area (Å²) in [5.41, 5.74) is 1.33. The van der Waals surface area contributed by atoms with Crippen molar-refractivity contribution in [2.45, 2.75) is 27.2 Å². The highest BCUT2D eigenvalue weighted by atomic mass is 14.1. The molecule has 0 saturated heterocycles. The lowest BCUT2D eigenvalue weighted by atomic mass is 9.89. The van der Waals surface area contributed by atoms with E-state index in [-0.39, 0.29) is 0 Å². The van der Waals surface area contributed by atoms with Gasteiger partial charge in [-0.2, -0.15) is 0 Å². The van der Waals surface area contributed by atoms with Crippen LogP contribution in [0.4, 0.5) is 0 Å². The normalized spacial score (nSPS) is 11.3. The SMILES string of the molecule is CCC.Cc1cc2cccc3c4cccc5cccc(c(c1)c23)c54. The number of aryl methyl sites for hydroxylation is 1. The van der Waals surface area contributed by atoms with E-state index in [9.17, 15) is 0 Å². The number of fused-ring (bicyclic) bond motifs is 2. The van der Waals surface area contributed by atoms with Gasteiger partial charge in [0, 0.05) is 0 Å². The second kappa shape index (κ2) is 5.79. The molecule has 0 N–H and O–H groups in total. The van der Waals surface area contributed by atoms with E-state index in [0.29, 0.717) is 0 Å². The smallest absolute Gasteiger partial charge is 0.00262 e. The van der Waals surface area contributed by atoms with Crippen molar-refractivity contribution in [3.05, 3.63) is 72.3 Å². The highest BCUT2D eigenvalue weighted by molar-refractivity contribution is 6.32. The van der Waals surface area contributed by atoms with Crippen LogP contribution in [0.3, 0.4) is 0 Å². The molecule has 5 rings (SSSR count). The molecule has 0 fully saturated rings. The first kappa shape index (κ1) is 15.0. The Labute approximate surface area is 143 Å². The van der Waals surface area contributed by atoms with Gasteiger partial charge in [-0.25, -0.2) is 0 Å². The van der Waals surface area contributed by atoms with Crippen LogP contribution in [0.2, 0.25) is 0 Å². The van der Waals surface area contributed by atoms with Crippen molar-refractivity contribution in [2.24, 2.45) is 0 Å². The van der Waals surface area contributed by atoms with Crippen LogP contribution in [0.15, 0.2) is 66.7 Å². The van der Waals surface area contributed by atoms with Gasteiger partial charge in [0.05, 0.1) is 0 Å². The summed E-state index contributed by atoms with van der Waals surface area (Å²) in [7, 11) is 0. The molecular formula is C24H22. The Hall–Kier alpha value is -2.60. The molecule has 24 heavy (non-hydrogen) atoms. The summed E-state index contributed by atoms with van der Waals surface area (Å²) in [6, 6.07) is 24.5. The zero-order valence-corrected chi connectivity index (χ0v) is 14.6. The maximum atomic E-state index is 2.33. The largest absolute Gasteiger partial charge is 0.0656 e. The van der Waals surface area contributed by atoms with E-state index in [2.05, 4.69) is 87.5 Å². The van der Waals surface area contributed by atoms with Gasteiger partial charge in [0.15, 0.2) is 0 Å². The molecule has 0 bridgehead atoms. The zero-order chi connectivity index (χ0) is 16.7. The maximum Gasteiger partial charge on any atom is -0.00262 e. The summed E-state index contributed by atoms with van der Waals surface area (Å²) in [5, 5.41) is 10.9. The molecule has 0 spiro atoms. The summed E-state index contributed by atoms with van der Waals surface area (Å²) >= 11 is 0. The molecule has 0 nitrogen and oxygen atoms in total. The standard InChI is InChI=1S/C21H14.C3H8/c1-13-11-15-7-4-9-17-16-8-2-5-14-6-3-10-18(20(14)16)19(12-13)21(15)17;1-3-2/h2-12H,1H3;3H2,1-2H3. The van der Waals surface area contributed by atoms with Crippen molar-refractivity contribution in [1.82, 2.24) is 0 Å². The van der Waals surface area contributed by atoms with Crippen LogP contribution in [0, 0.1) is 6.92 Å². The number of rotatable bonds is 0. The van der Waals surface area contributed by atoms with E-state index in [1.165, 1.54) is 55.1 Å². The van der Waals surface area contributed by atoms with Crippen LogP contribution in [0.1, 0.15) is 25.8 Å². The molecule has 0 aliphatic heterocycles. The van der Waals surface area contributed by atoms with Crippen LogP contribution >= 0.6 is 0 Å². The Bertz CT molecular complexity index is 1140. The lowest BCUT2D eigenvalue weighted by molar-refractivity contribution is 1.09. The lowest BCUT2D eigenvalue weighted by Crippen LogP contribution is -1.87. The third-order valence-corrected chi connectivity index (χ3v) is 4.61. The minimum Gasteiger partial charge on any atom is -0.0656 e. The second-order valence-corrected chi connectivity index (χ2v) is 6.63. The van der Waals surface area contributed by atoms with E-state index < -0.39 is 0 Å². The highest BCUT2D eigenvalue weighted by Crippen LogP contribution is 2.40. The first-order valence-electron chi connectivity index (χ1n) is 8.80. The lowest BCUT2D eigenvalue weighted by Gasteiger charge is -2.14. The average molecular weight is 310 g/mol. The quantitative estimate of drug-likeness (QED) is 0.206. The van der Waals surface area contributed by atoms with E-state index in [0.717, 1.165) is 0 Å². The molecule has 0 amide bonds. The van der Waals surface area contributed by atoms with Crippen LogP contribution in [-0.2, 0) is 0 Å². The monoisotopic (exact) mass is 310 g/mol. The molecule has 118 valence electrons. The van der Waals surface area contributed by atoms with E-state index in [1.54, 1.807) is 0 Å². The Kier molecular flexibility index (Phi) is 3.61. The van der Waals surface area contributed by atoms with Crippen molar-refractivity contribution in [2.75, 3.05) is 0 Å². The van der Waals surface area contributed by atoms with Crippen molar-refractivity contribution in [3.8, 4) is 0 Å². The molecule has 0 unspecified atom stereocenters. The molecule has 0 aliphatic rings. The molecule has 0 atom stereocenters. The Morgan fingerprint density at radius 1 is 0.583 bits per heavy atom. The molecular weight excluding hydrogens is 288 g/mol. The molecule has 0 aromatic heterocycles. The summed E-state index contributed by atoms with van der Waals surface area (Å²) in [5.74, 6) is 0. The number of hydrogen-bond donors (Lipinski definition) is 0. The fraction of sp³-hybridized carbons (Fsp3) is 0.167. The zero-order valence-electron chi connectivity index (χ0n) is 14.6. The summed E-state index contributed by atoms with van der Waals surface area (Å²) in [6.07, 6.45) is 1.25. The van der Waals surface area contributed by atoms with Crippen molar-refractivity contribution >= 4 is 43.1 Å². The van der Waals surface area contributed by atoms with Gasteiger partial charge in [0.2, 0.25) is 0 Å². The number of benzene rings is 5. The van der Waals surface area contributed by atoms with Crippen LogP contribution in [0.25, 0.3) is 43.1 Å². The minimum atomic E-state index is 1.25. The molecule has 0 aliphatic carbocycles. The summed E-state index contributed by atoms with van der Waals surface area (Å²) in [6.45, 7) is 6.43. The number of hydrogen-bond acceptors (Lipinski definition) is 0. The van der Waals surface area contributed by atoms with Gasteiger partial charge in [0.1, 0.15) is 0 Å². The van der Waals surface area contributed by atoms with Gasteiger partial charge in [0.25, 0.3) is 0 Å².